The lowest BCUT2D eigenvalue weighted by Crippen LogP contribution is -2.55. The van der Waals surface area contributed by atoms with E-state index in [2.05, 4.69) is 102 Å². The van der Waals surface area contributed by atoms with Gasteiger partial charge in [0.15, 0.2) is 5.11 Å². The minimum atomic E-state index is -0.346. The van der Waals surface area contributed by atoms with Crippen molar-refractivity contribution in [2.24, 2.45) is 0 Å². The van der Waals surface area contributed by atoms with Gasteiger partial charge in [-0.25, -0.2) is 0 Å². The summed E-state index contributed by atoms with van der Waals surface area (Å²) in [4.78, 5) is 31.7. The minimum absolute atomic E-state index is 0.135. The van der Waals surface area contributed by atoms with Gasteiger partial charge in [0, 0.05) is 30.2 Å². The number of benzene rings is 5. The molecule has 0 bridgehead atoms. The number of hydrogen-bond acceptors (Lipinski definition) is 4. The van der Waals surface area contributed by atoms with Gasteiger partial charge in [0.2, 0.25) is 0 Å². The third kappa shape index (κ3) is 5.21. The molecule has 7 rings (SSSR count). The molecule has 5 aromatic carbocycles. The van der Waals surface area contributed by atoms with Crippen LogP contribution in [-0.2, 0) is 16.0 Å². The Bertz CT molecular complexity index is 2050. The van der Waals surface area contributed by atoms with E-state index < -0.39 is 0 Å². The molecule has 0 radical (unpaired) electrons. The van der Waals surface area contributed by atoms with Gasteiger partial charge in [0.25, 0.3) is 11.8 Å². The van der Waals surface area contributed by atoms with Gasteiger partial charge in [-0.2, -0.15) is 0 Å². The molecule has 1 aliphatic heterocycles. The number of anilines is 2. The van der Waals surface area contributed by atoms with E-state index in [1.54, 1.807) is 6.08 Å². The van der Waals surface area contributed by atoms with Crippen LogP contribution in [0.1, 0.15) is 37.0 Å². The first-order valence-electron chi connectivity index (χ1n) is 15.5. The highest BCUT2D eigenvalue weighted by Crippen LogP contribution is 2.38. The summed E-state index contributed by atoms with van der Waals surface area (Å²) >= 11 is 5.42. The lowest BCUT2D eigenvalue weighted by atomic mass is 9.94. The SMILES string of the molecule is CCN1C(=O)C(=Cc2ccc3cc(N(C4=Cc5ccccc5CC4)c4ccc5ccccc5c4)ccc3c2)C(=O)N(CC)C1=S. The van der Waals surface area contributed by atoms with Crippen molar-refractivity contribution in [2.45, 2.75) is 26.7 Å². The maximum atomic E-state index is 13.2. The van der Waals surface area contributed by atoms with Gasteiger partial charge in [-0.05, 0) is 120 Å². The molecule has 5 aromatic rings. The summed E-state index contributed by atoms with van der Waals surface area (Å²) < 4.78 is 0. The molecule has 6 heteroatoms. The normalized spacial score (nSPS) is 15.0. The first-order valence-corrected chi connectivity index (χ1v) is 15.9. The van der Waals surface area contributed by atoms with Crippen LogP contribution in [0.3, 0.4) is 0 Å². The number of fused-ring (bicyclic) bond motifs is 3. The van der Waals surface area contributed by atoms with Crippen LogP contribution in [0.15, 0.2) is 114 Å². The molecule has 1 fully saturated rings. The Kier molecular flexibility index (Phi) is 7.51. The molecule has 1 saturated heterocycles. The van der Waals surface area contributed by atoms with Crippen molar-refractivity contribution in [3.63, 3.8) is 0 Å². The predicted molar refractivity (Wildman–Crippen MR) is 188 cm³/mol. The summed E-state index contributed by atoms with van der Waals surface area (Å²) in [5, 5.41) is 4.78. The molecule has 0 atom stereocenters. The number of thiocarbonyl (C=S) groups is 1. The molecular formula is C39H33N3O2S. The third-order valence-corrected chi connectivity index (χ3v) is 9.21. The number of likely N-dealkylation sites (N-methyl/N-ethyl adjacent to an activating group) is 2. The number of carbonyl (C=O) groups excluding carboxylic acids is 2. The maximum Gasteiger partial charge on any atom is 0.265 e. The topological polar surface area (TPSA) is 43.9 Å². The van der Waals surface area contributed by atoms with Crippen molar-refractivity contribution in [2.75, 3.05) is 18.0 Å². The molecule has 2 aliphatic rings. The van der Waals surface area contributed by atoms with Crippen LogP contribution in [0.5, 0.6) is 0 Å². The predicted octanol–water partition coefficient (Wildman–Crippen LogP) is 8.50. The molecule has 0 spiro atoms. The fourth-order valence-corrected chi connectivity index (χ4v) is 6.84. The first kappa shape index (κ1) is 28.7. The molecule has 45 heavy (non-hydrogen) atoms. The molecule has 222 valence electrons. The first-order chi connectivity index (χ1) is 21.9. The minimum Gasteiger partial charge on any atom is -0.314 e. The number of rotatable bonds is 6. The average molecular weight is 608 g/mol. The van der Waals surface area contributed by atoms with Crippen LogP contribution in [-0.4, -0.2) is 39.8 Å². The van der Waals surface area contributed by atoms with Crippen molar-refractivity contribution in [3.8, 4) is 0 Å². The van der Waals surface area contributed by atoms with E-state index in [1.165, 1.54) is 37.4 Å². The van der Waals surface area contributed by atoms with Crippen molar-refractivity contribution in [1.29, 1.82) is 0 Å². The van der Waals surface area contributed by atoms with Crippen LogP contribution >= 0.6 is 12.2 Å². The van der Waals surface area contributed by atoms with Gasteiger partial charge in [-0.3, -0.25) is 19.4 Å². The second kappa shape index (κ2) is 11.8. The zero-order valence-electron chi connectivity index (χ0n) is 25.4. The molecule has 0 aromatic heterocycles. The number of carbonyl (C=O) groups is 2. The van der Waals surface area contributed by atoms with E-state index in [0.717, 1.165) is 40.6 Å². The fraction of sp³-hybridized carbons (Fsp3) is 0.154. The number of allylic oxidation sites excluding steroid dienone is 1. The van der Waals surface area contributed by atoms with Crippen LogP contribution in [0.4, 0.5) is 11.4 Å². The molecule has 0 N–H and O–H groups in total. The van der Waals surface area contributed by atoms with E-state index in [1.807, 2.05) is 26.0 Å². The van der Waals surface area contributed by atoms with E-state index in [0.29, 0.717) is 13.1 Å². The van der Waals surface area contributed by atoms with E-state index >= 15 is 0 Å². The van der Waals surface area contributed by atoms with Crippen molar-refractivity contribution >= 4 is 74.2 Å². The van der Waals surface area contributed by atoms with Gasteiger partial charge < -0.3 is 4.90 Å². The van der Waals surface area contributed by atoms with E-state index in [-0.39, 0.29) is 22.5 Å². The van der Waals surface area contributed by atoms with Crippen LogP contribution in [0, 0.1) is 0 Å². The quantitative estimate of drug-likeness (QED) is 0.110. The summed E-state index contributed by atoms with van der Waals surface area (Å²) in [5.41, 5.74) is 7.02. The number of nitrogens with zero attached hydrogens (tertiary/aromatic N) is 3. The molecule has 0 saturated carbocycles. The van der Waals surface area contributed by atoms with Crippen molar-refractivity contribution in [3.05, 3.63) is 131 Å². The van der Waals surface area contributed by atoms with E-state index in [9.17, 15) is 9.59 Å². The molecule has 0 unspecified atom stereocenters. The maximum absolute atomic E-state index is 13.2. The molecule has 5 nitrogen and oxygen atoms in total. The highest BCUT2D eigenvalue weighted by molar-refractivity contribution is 7.80. The average Bonchev–Trinajstić information content (AvgIpc) is 3.07. The number of aryl methyl sites for hydroxylation is 1. The van der Waals surface area contributed by atoms with Gasteiger partial charge >= 0.3 is 0 Å². The summed E-state index contributed by atoms with van der Waals surface area (Å²) in [6.07, 6.45) is 5.93. The Hall–Kier alpha value is -5.07. The lowest BCUT2D eigenvalue weighted by Gasteiger charge is -2.35. The fourth-order valence-electron chi connectivity index (χ4n) is 6.42. The van der Waals surface area contributed by atoms with Crippen molar-refractivity contribution < 1.29 is 9.59 Å². The summed E-state index contributed by atoms with van der Waals surface area (Å²) in [5.74, 6) is -0.693. The standard InChI is InChI=1S/C39H33N3O2S/c1-3-40-37(43)36(38(44)41(4-2)39(40)45)22-26-13-14-32-25-35(20-17-31(32)21-26)42(33-18-15-27-9-5-7-11-29(27)23-33)34-19-16-28-10-6-8-12-30(28)24-34/h5-15,17-18,20-25H,3-4,16,19H2,1-2H3. The van der Waals surface area contributed by atoms with Crippen molar-refractivity contribution in [1.82, 2.24) is 9.80 Å². The van der Waals surface area contributed by atoms with Crippen LogP contribution < -0.4 is 4.90 Å². The summed E-state index contributed by atoms with van der Waals surface area (Å²) in [6.45, 7) is 4.55. The largest absolute Gasteiger partial charge is 0.314 e. The smallest absolute Gasteiger partial charge is 0.265 e. The van der Waals surface area contributed by atoms with Gasteiger partial charge in [-0.1, -0.05) is 72.8 Å². The lowest BCUT2D eigenvalue weighted by molar-refractivity contribution is -0.133. The molecular weight excluding hydrogens is 575 g/mol. The zero-order chi connectivity index (χ0) is 31.1. The Morgan fingerprint density at radius 2 is 1.27 bits per heavy atom. The van der Waals surface area contributed by atoms with Gasteiger partial charge in [0.1, 0.15) is 5.57 Å². The monoisotopic (exact) mass is 607 g/mol. The summed E-state index contributed by atoms with van der Waals surface area (Å²) in [6, 6.07) is 36.3. The van der Waals surface area contributed by atoms with Crippen LogP contribution in [0.2, 0.25) is 0 Å². The van der Waals surface area contributed by atoms with Gasteiger partial charge in [0.05, 0.1) is 0 Å². The molecule has 2 amide bonds. The van der Waals surface area contributed by atoms with Gasteiger partial charge in [-0.15, -0.1) is 0 Å². The summed E-state index contributed by atoms with van der Waals surface area (Å²) in [7, 11) is 0. The van der Waals surface area contributed by atoms with E-state index in [4.69, 9.17) is 12.2 Å². The highest BCUT2D eigenvalue weighted by atomic mass is 32.1. The second-order valence-corrected chi connectivity index (χ2v) is 11.8. The Balaban J connectivity index is 1.29. The third-order valence-electron chi connectivity index (χ3n) is 8.77. The number of hydrogen-bond donors (Lipinski definition) is 0. The zero-order valence-corrected chi connectivity index (χ0v) is 26.2. The van der Waals surface area contributed by atoms with Crippen LogP contribution in [0.25, 0.3) is 33.7 Å². The Labute approximate surface area is 268 Å². The molecule has 1 aliphatic carbocycles. The molecule has 1 heterocycles. The Morgan fingerprint density at radius 1 is 0.689 bits per heavy atom. The number of amides is 2. The highest BCUT2D eigenvalue weighted by Gasteiger charge is 2.37. The second-order valence-electron chi connectivity index (χ2n) is 11.4. The Morgan fingerprint density at radius 3 is 1.98 bits per heavy atom.